The zero-order chi connectivity index (χ0) is 23.2. The highest BCUT2D eigenvalue weighted by Gasteiger charge is 2.28. The Morgan fingerprint density at radius 1 is 1.12 bits per heavy atom. The van der Waals surface area contributed by atoms with E-state index in [0.29, 0.717) is 28.6 Å². The highest BCUT2D eigenvalue weighted by Crippen LogP contribution is 2.26. The number of halogens is 1. The molecule has 170 valence electrons. The maximum absolute atomic E-state index is 13.1. The van der Waals surface area contributed by atoms with Crippen LogP contribution in [0.25, 0.3) is 0 Å². The first-order valence-electron chi connectivity index (χ1n) is 10.8. The number of hydrogen-bond acceptors (Lipinski definition) is 5. The van der Waals surface area contributed by atoms with E-state index >= 15 is 0 Å². The van der Waals surface area contributed by atoms with Gasteiger partial charge in [-0.1, -0.05) is 24.3 Å². The van der Waals surface area contributed by atoms with Crippen molar-refractivity contribution in [2.75, 3.05) is 11.9 Å². The molecule has 0 aliphatic carbocycles. The quantitative estimate of drug-likeness (QED) is 0.488. The van der Waals surface area contributed by atoms with E-state index in [1.165, 1.54) is 23.9 Å². The minimum absolute atomic E-state index is 0.237. The van der Waals surface area contributed by atoms with Crippen molar-refractivity contribution in [3.8, 4) is 0 Å². The molecule has 2 heterocycles. The van der Waals surface area contributed by atoms with Crippen LogP contribution in [-0.4, -0.2) is 34.3 Å². The van der Waals surface area contributed by atoms with Gasteiger partial charge in [0, 0.05) is 24.2 Å². The second-order valence-electron chi connectivity index (χ2n) is 7.96. The summed E-state index contributed by atoms with van der Waals surface area (Å²) >= 11 is 1.43. The van der Waals surface area contributed by atoms with Crippen LogP contribution >= 0.6 is 11.8 Å². The normalized spacial score (nSPS) is 16.0. The van der Waals surface area contributed by atoms with Gasteiger partial charge in [-0.3, -0.25) is 14.5 Å². The fourth-order valence-corrected chi connectivity index (χ4v) is 4.88. The SMILES string of the molecule is NC(=O)C1CCCN1Cc1cccc(NC(=O)c2cccnc2SCc2ccc(F)cc2)c1. The number of carbonyl (C=O) groups excluding carboxylic acids is 2. The molecule has 0 radical (unpaired) electrons. The summed E-state index contributed by atoms with van der Waals surface area (Å²) in [5.41, 5.74) is 8.61. The minimum Gasteiger partial charge on any atom is -0.368 e. The lowest BCUT2D eigenvalue weighted by molar-refractivity contribution is -0.122. The number of rotatable bonds is 8. The Kier molecular flexibility index (Phi) is 7.36. The minimum atomic E-state index is -0.292. The molecular weight excluding hydrogens is 439 g/mol. The maximum Gasteiger partial charge on any atom is 0.258 e. The van der Waals surface area contributed by atoms with Crippen molar-refractivity contribution in [3.63, 3.8) is 0 Å². The van der Waals surface area contributed by atoms with Crippen LogP contribution in [0.5, 0.6) is 0 Å². The van der Waals surface area contributed by atoms with Crippen molar-refractivity contribution in [1.29, 1.82) is 0 Å². The van der Waals surface area contributed by atoms with Gasteiger partial charge in [0.15, 0.2) is 0 Å². The molecule has 1 aliphatic heterocycles. The van der Waals surface area contributed by atoms with E-state index in [2.05, 4.69) is 15.2 Å². The van der Waals surface area contributed by atoms with Gasteiger partial charge in [0.25, 0.3) is 5.91 Å². The van der Waals surface area contributed by atoms with Crippen LogP contribution in [0, 0.1) is 5.82 Å². The molecule has 1 unspecified atom stereocenters. The molecule has 8 heteroatoms. The number of hydrogen-bond donors (Lipinski definition) is 2. The fourth-order valence-electron chi connectivity index (χ4n) is 3.93. The summed E-state index contributed by atoms with van der Waals surface area (Å²) < 4.78 is 13.1. The predicted octanol–water partition coefficient (Wildman–Crippen LogP) is 4.22. The van der Waals surface area contributed by atoms with Crippen LogP contribution < -0.4 is 11.1 Å². The Balaban J connectivity index is 1.43. The molecule has 2 aromatic carbocycles. The number of thioether (sulfide) groups is 1. The molecule has 3 N–H and O–H groups in total. The Labute approximate surface area is 196 Å². The maximum atomic E-state index is 13.1. The van der Waals surface area contributed by atoms with Gasteiger partial charge in [0.1, 0.15) is 10.8 Å². The lowest BCUT2D eigenvalue weighted by atomic mass is 10.1. The molecule has 1 saturated heterocycles. The monoisotopic (exact) mass is 464 g/mol. The third-order valence-corrected chi connectivity index (χ3v) is 6.64. The van der Waals surface area contributed by atoms with E-state index in [-0.39, 0.29) is 23.7 Å². The van der Waals surface area contributed by atoms with Crippen LogP contribution in [0.1, 0.15) is 34.3 Å². The molecule has 0 saturated carbocycles. The van der Waals surface area contributed by atoms with Crippen molar-refractivity contribution < 1.29 is 14.0 Å². The lowest BCUT2D eigenvalue weighted by Crippen LogP contribution is -2.39. The number of aromatic nitrogens is 1. The number of nitrogens with two attached hydrogens (primary N) is 1. The number of benzene rings is 2. The third-order valence-electron chi connectivity index (χ3n) is 5.57. The van der Waals surface area contributed by atoms with Crippen LogP contribution in [0.15, 0.2) is 71.9 Å². The summed E-state index contributed by atoms with van der Waals surface area (Å²) in [5.74, 6) is -0.250. The summed E-state index contributed by atoms with van der Waals surface area (Å²) in [6.07, 6.45) is 3.38. The van der Waals surface area contributed by atoms with Crippen molar-refractivity contribution in [1.82, 2.24) is 9.88 Å². The average molecular weight is 465 g/mol. The van der Waals surface area contributed by atoms with Crippen molar-refractivity contribution in [3.05, 3.63) is 89.4 Å². The number of nitrogens with one attached hydrogen (secondary N) is 1. The first-order chi connectivity index (χ1) is 16.0. The standard InChI is InChI=1S/C25H25FN4O2S/c26-19-10-8-17(9-11-19)16-33-25-21(6-2-12-28-25)24(32)29-20-5-1-4-18(14-20)15-30-13-3-7-22(30)23(27)31/h1-2,4-6,8-12,14,22H,3,7,13,15-16H2,(H2,27,31)(H,29,32). The first kappa shape index (κ1) is 22.9. The highest BCUT2D eigenvalue weighted by molar-refractivity contribution is 7.98. The van der Waals surface area contributed by atoms with Gasteiger partial charge in [-0.25, -0.2) is 9.37 Å². The van der Waals surface area contributed by atoms with E-state index < -0.39 is 0 Å². The molecule has 1 aromatic heterocycles. The van der Waals surface area contributed by atoms with Crippen molar-refractivity contribution in [2.45, 2.75) is 36.2 Å². The van der Waals surface area contributed by atoms with Gasteiger partial charge in [0.2, 0.25) is 5.91 Å². The Bertz CT molecular complexity index is 1140. The van der Waals surface area contributed by atoms with E-state index in [9.17, 15) is 14.0 Å². The van der Waals surface area contributed by atoms with E-state index in [1.807, 2.05) is 24.3 Å². The number of primary amides is 1. The van der Waals surface area contributed by atoms with Crippen LogP contribution in [0.3, 0.4) is 0 Å². The molecule has 0 spiro atoms. The molecule has 1 aliphatic rings. The smallest absolute Gasteiger partial charge is 0.258 e. The Hall–Kier alpha value is -3.23. The molecule has 6 nitrogen and oxygen atoms in total. The van der Waals surface area contributed by atoms with Crippen molar-refractivity contribution in [2.24, 2.45) is 5.73 Å². The summed E-state index contributed by atoms with van der Waals surface area (Å²) in [4.78, 5) is 31.1. The van der Waals surface area contributed by atoms with E-state index in [0.717, 1.165) is 30.5 Å². The van der Waals surface area contributed by atoms with Crippen molar-refractivity contribution >= 4 is 29.3 Å². The topological polar surface area (TPSA) is 88.3 Å². The van der Waals surface area contributed by atoms with Gasteiger partial charge in [-0.2, -0.15) is 0 Å². The lowest BCUT2D eigenvalue weighted by Gasteiger charge is -2.22. The number of pyridine rings is 1. The van der Waals surface area contributed by atoms with Gasteiger partial charge >= 0.3 is 0 Å². The van der Waals surface area contributed by atoms with Gasteiger partial charge < -0.3 is 11.1 Å². The van der Waals surface area contributed by atoms with Crippen LogP contribution in [0.2, 0.25) is 0 Å². The fraction of sp³-hybridized carbons (Fsp3) is 0.240. The molecule has 1 fully saturated rings. The number of amides is 2. The number of anilines is 1. The molecule has 1 atom stereocenters. The zero-order valence-corrected chi connectivity index (χ0v) is 18.9. The summed E-state index contributed by atoms with van der Waals surface area (Å²) in [7, 11) is 0. The molecule has 2 amide bonds. The third kappa shape index (κ3) is 5.97. The second kappa shape index (κ2) is 10.6. The molecule has 4 rings (SSSR count). The molecule has 3 aromatic rings. The van der Waals surface area contributed by atoms with Gasteiger partial charge in [0.05, 0.1) is 11.6 Å². The predicted molar refractivity (Wildman–Crippen MR) is 127 cm³/mol. The molecule has 33 heavy (non-hydrogen) atoms. The van der Waals surface area contributed by atoms with E-state index in [1.54, 1.807) is 30.5 Å². The van der Waals surface area contributed by atoms with Gasteiger partial charge in [-0.15, -0.1) is 11.8 Å². The largest absolute Gasteiger partial charge is 0.368 e. The summed E-state index contributed by atoms with van der Waals surface area (Å²) in [6, 6.07) is 17.1. The number of carbonyl (C=O) groups is 2. The summed E-state index contributed by atoms with van der Waals surface area (Å²) in [5, 5.41) is 3.56. The van der Waals surface area contributed by atoms with Gasteiger partial charge in [-0.05, 0) is 66.9 Å². The first-order valence-corrected chi connectivity index (χ1v) is 11.7. The molecule has 0 bridgehead atoms. The van der Waals surface area contributed by atoms with Crippen LogP contribution in [0.4, 0.5) is 10.1 Å². The van der Waals surface area contributed by atoms with E-state index in [4.69, 9.17) is 5.73 Å². The Morgan fingerprint density at radius 3 is 2.73 bits per heavy atom. The van der Waals surface area contributed by atoms with Crippen LogP contribution in [-0.2, 0) is 17.1 Å². The summed E-state index contributed by atoms with van der Waals surface area (Å²) in [6.45, 7) is 1.43. The number of nitrogens with zero attached hydrogens (tertiary/aromatic N) is 2. The molecular formula is C25H25FN4O2S. The highest BCUT2D eigenvalue weighted by atomic mass is 32.2. The Morgan fingerprint density at radius 2 is 1.94 bits per heavy atom. The number of likely N-dealkylation sites (tertiary alicyclic amines) is 1. The average Bonchev–Trinajstić information content (AvgIpc) is 3.27. The zero-order valence-electron chi connectivity index (χ0n) is 18.0. The second-order valence-corrected chi connectivity index (χ2v) is 8.92.